The number of nitrogens with two attached hydrogens (primary N) is 1. The molecule has 0 spiro atoms. The molecular formula is C9H12BrCl2N3. The lowest BCUT2D eigenvalue weighted by Gasteiger charge is -1.88. The molecule has 0 saturated carbocycles. The number of benzene rings is 1. The number of nitrogens with zero attached hydrogens (tertiary/aromatic N) is 1. The van der Waals surface area contributed by atoms with E-state index in [9.17, 15) is 0 Å². The van der Waals surface area contributed by atoms with Gasteiger partial charge in [-0.2, -0.15) is 0 Å². The van der Waals surface area contributed by atoms with Gasteiger partial charge in [0.2, 0.25) is 0 Å². The van der Waals surface area contributed by atoms with Crippen LogP contribution in [-0.2, 0) is 6.42 Å². The summed E-state index contributed by atoms with van der Waals surface area (Å²) in [5, 5.41) is 0. The van der Waals surface area contributed by atoms with Crippen molar-refractivity contribution in [3.05, 3.63) is 28.5 Å². The maximum Gasteiger partial charge on any atom is 0.108 e. The van der Waals surface area contributed by atoms with E-state index in [4.69, 9.17) is 5.73 Å². The average molecular weight is 313 g/mol. The lowest BCUT2D eigenvalue weighted by atomic mass is 10.3. The number of aromatic nitrogens is 2. The predicted octanol–water partition coefficient (Wildman–Crippen LogP) is 2.67. The van der Waals surface area contributed by atoms with Gasteiger partial charge in [-0.05, 0) is 34.6 Å². The number of aromatic amines is 1. The van der Waals surface area contributed by atoms with E-state index in [0.717, 1.165) is 27.8 Å². The Bertz CT molecular complexity index is 430. The molecule has 1 aromatic carbocycles. The third-order valence-electron chi connectivity index (χ3n) is 1.89. The zero-order valence-electron chi connectivity index (χ0n) is 7.87. The molecule has 0 aliphatic heterocycles. The van der Waals surface area contributed by atoms with E-state index in [2.05, 4.69) is 25.9 Å². The highest BCUT2D eigenvalue weighted by Gasteiger charge is 2.03. The van der Waals surface area contributed by atoms with Crippen molar-refractivity contribution in [2.45, 2.75) is 6.42 Å². The number of nitrogens with one attached hydrogen (secondary N) is 1. The summed E-state index contributed by atoms with van der Waals surface area (Å²) in [6.07, 6.45) is 0.793. The van der Waals surface area contributed by atoms with Crippen LogP contribution in [0.4, 0.5) is 0 Å². The van der Waals surface area contributed by atoms with Gasteiger partial charge >= 0.3 is 0 Å². The maximum atomic E-state index is 5.45. The summed E-state index contributed by atoms with van der Waals surface area (Å²) >= 11 is 3.45. The Hall–Kier alpha value is -0.290. The first kappa shape index (κ1) is 14.7. The van der Waals surface area contributed by atoms with Crippen LogP contribution in [0.15, 0.2) is 22.7 Å². The van der Waals surface area contributed by atoms with Gasteiger partial charge in [0.1, 0.15) is 11.3 Å². The second-order valence-corrected chi connectivity index (χ2v) is 3.71. The van der Waals surface area contributed by atoms with E-state index in [1.165, 1.54) is 0 Å². The van der Waals surface area contributed by atoms with E-state index < -0.39 is 0 Å². The van der Waals surface area contributed by atoms with Gasteiger partial charge in [-0.3, -0.25) is 0 Å². The SMILES string of the molecule is Cl.Cl.NCCc1nc2c(Br)cccc2[nH]1. The highest BCUT2D eigenvalue weighted by Crippen LogP contribution is 2.21. The molecule has 0 bridgehead atoms. The number of rotatable bonds is 2. The van der Waals surface area contributed by atoms with E-state index in [1.807, 2.05) is 18.2 Å². The van der Waals surface area contributed by atoms with Crippen LogP contribution >= 0.6 is 40.7 Å². The molecule has 84 valence electrons. The van der Waals surface area contributed by atoms with Crippen molar-refractivity contribution in [3.63, 3.8) is 0 Å². The molecule has 1 heterocycles. The van der Waals surface area contributed by atoms with Gasteiger partial charge in [0, 0.05) is 10.9 Å². The number of H-pyrrole nitrogens is 1. The fourth-order valence-electron chi connectivity index (χ4n) is 1.30. The third-order valence-corrected chi connectivity index (χ3v) is 2.53. The number of hydrogen-bond acceptors (Lipinski definition) is 2. The molecule has 6 heteroatoms. The smallest absolute Gasteiger partial charge is 0.108 e. The largest absolute Gasteiger partial charge is 0.342 e. The Labute approximate surface area is 109 Å². The van der Waals surface area contributed by atoms with Crippen LogP contribution in [-0.4, -0.2) is 16.5 Å². The van der Waals surface area contributed by atoms with Crippen LogP contribution in [0.1, 0.15) is 5.82 Å². The minimum Gasteiger partial charge on any atom is -0.342 e. The molecule has 0 aliphatic carbocycles. The third kappa shape index (κ3) is 3.08. The molecule has 3 N–H and O–H groups in total. The Morgan fingerprint density at radius 3 is 2.67 bits per heavy atom. The minimum absolute atomic E-state index is 0. The second-order valence-electron chi connectivity index (χ2n) is 2.86. The molecule has 0 unspecified atom stereocenters. The number of fused-ring (bicyclic) bond motifs is 1. The molecule has 0 fully saturated rings. The van der Waals surface area contributed by atoms with Gasteiger partial charge in [0.05, 0.1) is 5.52 Å². The van der Waals surface area contributed by atoms with Crippen LogP contribution < -0.4 is 5.73 Å². The van der Waals surface area contributed by atoms with E-state index in [0.29, 0.717) is 6.54 Å². The molecule has 0 aliphatic rings. The fraction of sp³-hybridized carbons (Fsp3) is 0.222. The van der Waals surface area contributed by atoms with Gasteiger partial charge in [0.15, 0.2) is 0 Å². The molecule has 0 atom stereocenters. The number of hydrogen-bond donors (Lipinski definition) is 2. The highest BCUT2D eigenvalue weighted by molar-refractivity contribution is 9.10. The Morgan fingerprint density at radius 2 is 2.07 bits per heavy atom. The Kier molecular flexibility index (Phi) is 6.20. The van der Waals surface area contributed by atoms with Crippen molar-refractivity contribution in [1.82, 2.24) is 9.97 Å². The first-order valence-electron chi connectivity index (χ1n) is 4.14. The quantitative estimate of drug-likeness (QED) is 0.895. The Balaban J connectivity index is 0.000000980. The summed E-state index contributed by atoms with van der Waals surface area (Å²) in [7, 11) is 0. The van der Waals surface area contributed by atoms with Crippen molar-refractivity contribution in [3.8, 4) is 0 Å². The summed E-state index contributed by atoms with van der Waals surface area (Å²) in [5.41, 5.74) is 7.48. The summed E-state index contributed by atoms with van der Waals surface area (Å²) in [6, 6.07) is 5.97. The molecule has 0 amide bonds. The van der Waals surface area contributed by atoms with Crippen LogP contribution in [0.3, 0.4) is 0 Å². The van der Waals surface area contributed by atoms with E-state index >= 15 is 0 Å². The van der Waals surface area contributed by atoms with Crippen molar-refractivity contribution < 1.29 is 0 Å². The first-order chi connectivity index (χ1) is 6.31. The molecular weight excluding hydrogens is 301 g/mol. The zero-order valence-corrected chi connectivity index (χ0v) is 11.1. The summed E-state index contributed by atoms with van der Waals surface area (Å²) in [4.78, 5) is 7.64. The van der Waals surface area contributed by atoms with Crippen LogP contribution in [0, 0.1) is 0 Å². The molecule has 1 aromatic heterocycles. The number of imidazole rings is 1. The second kappa shape index (κ2) is 6.33. The lowest BCUT2D eigenvalue weighted by molar-refractivity contribution is 0.900. The number of halogens is 3. The summed E-state index contributed by atoms with van der Waals surface area (Å²) in [5.74, 6) is 0.949. The van der Waals surface area contributed by atoms with Crippen molar-refractivity contribution in [2.24, 2.45) is 5.73 Å². The van der Waals surface area contributed by atoms with Crippen molar-refractivity contribution in [2.75, 3.05) is 6.54 Å². The molecule has 0 saturated heterocycles. The molecule has 2 aromatic rings. The van der Waals surface area contributed by atoms with E-state index in [1.54, 1.807) is 0 Å². The summed E-state index contributed by atoms with van der Waals surface area (Å²) < 4.78 is 1.02. The fourth-order valence-corrected chi connectivity index (χ4v) is 1.76. The predicted molar refractivity (Wildman–Crippen MR) is 71.0 cm³/mol. The van der Waals surface area contributed by atoms with Gasteiger partial charge in [0.25, 0.3) is 0 Å². The van der Waals surface area contributed by atoms with Crippen molar-refractivity contribution >= 4 is 51.8 Å². The van der Waals surface area contributed by atoms with Crippen LogP contribution in [0.25, 0.3) is 11.0 Å². The highest BCUT2D eigenvalue weighted by atomic mass is 79.9. The molecule has 3 nitrogen and oxygen atoms in total. The van der Waals surface area contributed by atoms with Gasteiger partial charge in [-0.1, -0.05) is 6.07 Å². The van der Waals surface area contributed by atoms with Crippen LogP contribution in [0.2, 0.25) is 0 Å². The summed E-state index contributed by atoms with van der Waals surface area (Å²) in [6.45, 7) is 0.622. The van der Waals surface area contributed by atoms with Crippen molar-refractivity contribution in [1.29, 1.82) is 0 Å². The zero-order chi connectivity index (χ0) is 9.26. The van der Waals surface area contributed by atoms with Gasteiger partial charge in [-0.15, -0.1) is 24.8 Å². The molecule has 15 heavy (non-hydrogen) atoms. The van der Waals surface area contributed by atoms with Gasteiger partial charge in [-0.25, -0.2) is 4.98 Å². The van der Waals surface area contributed by atoms with E-state index in [-0.39, 0.29) is 24.8 Å². The number of para-hydroxylation sites is 1. The lowest BCUT2D eigenvalue weighted by Crippen LogP contribution is -2.03. The normalized spacial score (nSPS) is 9.47. The first-order valence-corrected chi connectivity index (χ1v) is 4.94. The standard InChI is InChI=1S/C9H10BrN3.2ClH/c10-6-2-1-3-7-9(6)13-8(12-7)4-5-11;;/h1-3H,4-5,11H2,(H,12,13);2*1H. The Morgan fingerprint density at radius 1 is 1.33 bits per heavy atom. The monoisotopic (exact) mass is 311 g/mol. The molecule has 0 radical (unpaired) electrons. The minimum atomic E-state index is 0. The topological polar surface area (TPSA) is 54.7 Å². The molecule has 2 rings (SSSR count). The van der Waals surface area contributed by atoms with Crippen LogP contribution in [0.5, 0.6) is 0 Å². The van der Waals surface area contributed by atoms with Gasteiger partial charge < -0.3 is 10.7 Å². The maximum absolute atomic E-state index is 5.45. The average Bonchev–Trinajstić information content (AvgIpc) is 2.49.